The van der Waals surface area contributed by atoms with Gasteiger partial charge in [-0.15, -0.1) is 0 Å². The first kappa shape index (κ1) is 34.0. The Morgan fingerprint density at radius 2 is 0.438 bits per heavy atom. The summed E-state index contributed by atoms with van der Waals surface area (Å²) in [6, 6.07) is 7.73. The Morgan fingerprint density at radius 1 is 0.312 bits per heavy atom. The quantitative estimate of drug-likeness (QED) is 0.171. The van der Waals surface area contributed by atoms with Gasteiger partial charge in [0.1, 0.15) is 0 Å². The Morgan fingerprint density at radius 3 is 0.542 bits per heavy atom. The number of carbonyl (C=O) groups is 6. The smallest absolute Gasteiger partial charge is 0.338 e. The zero-order chi connectivity index (χ0) is 35.1. The molecule has 1 aliphatic carbocycles. The average Bonchev–Trinajstić information content (AvgIpc) is 3.12. The maximum absolute atomic E-state index is 12.7. The van der Waals surface area contributed by atoms with Gasteiger partial charge in [-0.05, 0) is 36.4 Å². The first-order valence-electron chi connectivity index (χ1n) is 13.6. The molecule has 12 heteroatoms. The van der Waals surface area contributed by atoms with Crippen molar-refractivity contribution < 1.29 is 57.2 Å². The standard InChI is InChI=1S/C36H24O12/c1-43-31(37)25-13-19-7-8-21-15-27(33(39)45-3)29(35(41)47-5)17-23(21)11-12-24-18-30(36(42)48-6)28(34(40)46-4)16-22(24)10-9-20(19)14-26(25)32(38)44-2/h13-18H,1-6H3. The molecule has 0 fully saturated rings. The monoisotopic (exact) mass is 648 g/mol. The summed E-state index contributed by atoms with van der Waals surface area (Å²) in [5.74, 6) is 12.2. The van der Waals surface area contributed by atoms with Crippen LogP contribution in [0.25, 0.3) is 0 Å². The third-order valence-electron chi connectivity index (χ3n) is 6.90. The lowest BCUT2D eigenvalue weighted by molar-refractivity contribution is 0.0555. The van der Waals surface area contributed by atoms with Gasteiger partial charge in [-0.25, -0.2) is 28.8 Å². The molecule has 0 unspecified atom stereocenters. The van der Waals surface area contributed by atoms with E-state index in [9.17, 15) is 28.8 Å². The fourth-order valence-corrected chi connectivity index (χ4v) is 4.50. The number of rotatable bonds is 6. The second kappa shape index (κ2) is 14.5. The van der Waals surface area contributed by atoms with E-state index in [2.05, 4.69) is 35.5 Å². The van der Waals surface area contributed by atoms with Crippen LogP contribution in [0.15, 0.2) is 36.4 Å². The van der Waals surface area contributed by atoms with Gasteiger partial charge in [0, 0.05) is 33.4 Å². The van der Waals surface area contributed by atoms with E-state index in [0.29, 0.717) is 0 Å². The molecule has 0 radical (unpaired) electrons. The predicted molar refractivity (Wildman–Crippen MR) is 165 cm³/mol. The molecule has 0 atom stereocenters. The molecule has 240 valence electrons. The van der Waals surface area contributed by atoms with Crippen molar-refractivity contribution in [3.05, 3.63) is 103 Å². The Kier molecular flexibility index (Phi) is 10.3. The Bertz CT molecular complexity index is 1740. The van der Waals surface area contributed by atoms with Gasteiger partial charge in [0.25, 0.3) is 0 Å². The molecule has 0 saturated heterocycles. The largest absolute Gasteiger partial charge is 0.465 e. The van der Waals surface area contributed by atoms with Crippen LogP contribution >= 0.6 is 0 Å². The van der Waals surface area contributed by atoms with Crippen LogP contribution in [0, 0.1) is 35.5 Å². The van der Waals surface area contributed by atoms with E-state index in [1.165, 1.54) is 36.4 Å². The first-order valence-corrected chi connectivity index (χ1v) is 13.6. The minimum Gasteiger partial charge on any atom is -0.465 e. The summed E-state index contributed by atoms with van der Waals surface area (Å²) in [5, 5.41) is 0. The van der Waals surface area contributed by atoms with Crippen LogP contribution in [-0.2, 0) is 28.4 Å². The Balaban J connectivity index is 2.21. The highest BCUT2D eigenvalue weighted by molar-refractivity contribution is 6.06. The Labute approximate surface area is 274 Å². The van der Waals surface area contributed by atoms with Crippen molar-refractivity contribution in [1.29, 1.82) is 0 Å². The third-order valence-corrected chi connectivity index (χ3v) is 6.90. The summed E-state index contributed by atoms with van der Waals surface area (Å²) >= 11 is 0. The van der Waals surface area contributed by atoms with Crippen molar-refractivity contribution in [2.75, 3.05) is 42.7 Å². The number of methoxy groups -OCH3 is 6. The lowest BCUT2D eigenvalue weighted by Crippen LogP contribution is -2.14. The third kappa shape index (κ3) is 6.71. The molecule has 0 saturated carbocycles. The molecule has 0 amide bonds. The van der Waals surface area contributed by atoms with Gasteiger partial charge in [0.15, 0.2) is 0 Å². The van der Waals surface area contributed by atoms with Crippen molar-refractivity contribution in [3.8, 4) is 35.5 Å². The van der Waals surface area contributed by atoms with Crippen molar-refractivity contribution in [2.24, 2.45) is 0 Å². The molecule has 3 aromatic carbocycles. The molecular weight excluding hydrogens is 624 g/mol. The average molecular weight is 649 g/mol. The van der Waals surface area contributed by atoms with Crippen molar-refractivity contribution in [3.63, 3.8) is 0 Å². The lowest BCUT2D eigenvalue weighted by atomic mass is 9.94. The Hall–Kier alpha value is -6.84. The maximum atomic E-state index is 12.7. The molecule has 48 heavy (non-hydrogen) atoms. The number of fused-ring (bicyclic) bond motifs is 3. The molecule has 12 nitrogen and oxygen atoms in total. The van der Waals surface area contributed by atoms with Gasteiger partial charge >= 0.3 is 35.8 Å². The highest BCUT2D eigenvalue weighted by Gasteiger charge is 2.24. The number of carbonyl (C=O) groups excluding carboxylic acids is 6. The predicted octanol–water partition coefficient (Wildman–Crippen LogP) is 2.92. The normalized spacial score (nSPS) is 10.4. The molecule has 0 spiro atoms. The van der Waals surface area contributed by atoms with E-state index in [-0.39, 0.29) is 66.8 Å². The highest BCUT2D eigenvalue weighted by atomic mass is 16.5. The fourth-order valence-electron chi connectivity index (χ4n) is 4.50. The molecule has 0 aromatic heterocycles. The number of benzene rings is 3. The summed E-state index contributed by atoms with van der Waals surface area (Å²) in [6.07, 6.45) is 0. The molecule has 3 aromatic rings. The topological polar surface area (TPSA) is 158 Å². The molecule has 4 rings (SSSR count). The van der Waals surface area contributed by atoms with E-state index >= 15 is 0 Å². The summed E-state index contributed by atoms with van der Waals surface area (Å²) < 4.78 is 29.2. The van der Waals surface area contributed by atoms with Crippen molar-refractivity contribution in [2.45, 2.75) is 0 Å². The van der Waals surface area contributed by atoms with Crippen LogP contribution in [0.4, 0.5) is 0 Å². The van der Waals surface area contributed by atoms with E-state index in [4.69, 9.17) is 28.4 Å². The summed E-state index contributed by atoms with van der Waals surface area (Å²) in [6.45, 7) is 0. The summed E-state index contributed by atoms with van der Waals surface area (Å²) in [7, 11) is 6.80. The van der Waals surface area contributed by atoms with Crippen molar-refractivity contribution >= 4 is 35.8 Å². The zero-order valence-electron chi connectivity index (χ0n) is 26.4. The van der Waals surface area contributed by atoms with Crippen molar-refractivity contribution in [1.82, 2.24) is 0 Å². The minimum atomic E-state index is -0.857. The van der Waals surface area contributed by atoms with Gasteiger partial charge in [-0.3, -0.25) is 0 Å². The highest BCUT2D eigenvalue weighted by Crippen LogP contribution is 2.24. The van der Waals surface area contributed by atoms with Crippen LogP contribution in [-0.4, -0.2) is 78.5 Å². The van der Waals surface area contributed by atoms with Gasteiger partial charge in [-0.1, -0.05) is 35.5 Å². The molecular formula is C36H24O12. The number of ether oxygens (including phenoxy) is 6. The number of hydrogen-bond donors (Lipinski definition) is 0. The van der Waals surface area contributed by atoms with Crippen LogP contribution in [0.2, 0.25) is 0 Å². The van der Waals surface area contributed by atoms with Crippen LogP contribution < -0.4 is 0 Å². The second-order valence-corrected chi connectivity index (χ2v) is 9.53. The van der Waals surface area contributed by atoms with E-state index in [1.54, 1.807) is 0 Å². The number of hydrogen-bond acceptors (Lipinski definition) is 12. The second-order valence-electron chi connectivity index (χ2n) is 9.53. The van der Waals surface area contributed by atoms with Gasteiger partial charge in [0.2, 0.25) is 0 Å². The molecule has 1 aliphatic rings. The minimum absolute atomic E-state index is 0.146. The van der Waals surface area contributed by atoms with Gasteiger partial charge in [-0.2, -0.15) is 0 Å². The number of esters is 6. The van der Waals surface area contributed by atoms with Gasteiger partial charge in [0.05, 0.1) is 76.0 Å². The van der Waals surface area contributed by atoms with Crippen LogP contribution in [0.3, 0.4) is 0 Å². The SMILES string of the molecule is COC(=O)c1cc2c(cc1C(=O)OC)C#Cc1cc(C(=O)OC)c(C(=O)OC)cc1C#Cc1cc(C(=O)OC)c(C(=O)OC)cc1C#C2. The van der Waals surface area contributed by atoms with Crippen LogP contribution in [0.1, 0.15) is 95.5 Å². The molecule has 0 N–H and O–H groups in total. The zero-order valence-corrected chi connectivity index (χ0v) is 26.4. The molecule has 0 heterocycles. The van der Waals surface area contributed by atoms with Gasteiger partial charge < -0.3 is 28.4 Å². The molecule has 0 bridgehead atoms. The molecule has 0 aliphatic heterocycles. The lowest BCUT2D eigenvalue weighted by Gasteiger charge is -2.11. The fraction of sp³-hybridized carbons (Fsp3) is 0.167. The van der Waals surface area contributed by atoms with E-state index in [0.717, 1.165) is 42.7 Å². The van der Waals surface area contributed by atoms with E-state index < -0.39 is 35.8 Å². The van der Waals surface area contributed by atoms with E-state index in [1.807, 2.05) is 0 Å². The first-order chi connectivity index (χ1) is 23.0. The van der Waals surface area contributed by atoms with Crippen LogP contribution in [0.5, 0.6) is 0 Å². The summed E-state index contributed by atoms with van der Waals surface area (Å²) in [5.41, 5.74) is -0.132. The summed E-state index contributed by atoms with van der Waals surface area (Å²) in [4.78, 5) is 76.2. The maximum Gasteiger partial charge on any atom is 0.338 e.